The second-order valence-electron chi connectivity index (χ2n) is 5.74. The molecular formula is C19H17ClN3O3S-. The summed E-state index contributed by atoms with van der Waals surface area (Å²) in [6.45, 7) is 2.18. The van der Waals surface area contributed by atoms with Crippen LogP contribution in [-0.2, 0) is 11.4 Å². The smallest absolute Gasteiger partial charge is 0.195 e. The lowest BCUT2D eigenvalue weighted by atomic mass is 10.2. The van der Waals surface area contributed by atoms with Crippen LogP contribution in [0, 0.1) is 6.92 Å². The number of rotatable bonds is 8. The standard InChI is InChI=1S/C19H18ClN3O3S/c1-13-5-2-3-8-16(13)26-12-17-21-22-19(27-10-9-18(24)25)23(17)15-7-4-6-14(20)11-15/h2-8,11H,9-10,12H2,1H3,(H,24,25)/p-1. The maximum atomic E-state index is 10.7. The van der Waals surface area contributed by atoms with E-state index in [4.69, 9.17) is 16.3 Å². The zero-order chi connectivity index (χ0) is 19.2. The molecule has 0 aliphatic heterocycles. The van der Waals surface area contributed by atoms with E-state index in [0.717, 1.165) is 17.0 Å². The average Bonchev–Trinajstić information content (AvgIpc) is 3.03. The fraction of sp³-hybridized carbons (Fsp3) is 0.211. The number of para-hydroxylation sites is 1. The summed E-state index contributed by atoms with van der Waals surface area (Å²) in [6, 6.07) is 15.0. The van der Waals surface area contributed by atoms with Gasteiger partial charge in [0.05, 0.1) is 5.69 Å². The SMILES string of the molecule is Cc1ccccc1OCc1nnc(SCCC(=O)[O-])n1-c1cccc(Cl)c1. The number of thioether (sulfide) groups is 1. The van der Waals surface area contributed by atoms with Crippen molar-refractivity contribution in [3.8, 4) is 11.4 Å². The van der Waals surface area contributed by atoms with Gasteiger partial charge in [-0.05, 0) is 43.2 Å². The van der Waals surface area contributed by atoms with Crippen molar-refractivity contribution in [1.82, 2.24) is 14.8 Å². The van der Waals surface area contributed by atoms with E-state index in [0.29, 0.717) is 21.8 Å². The molecule has 0 radical (unpaired) electrons. The van der Waals surface area contributed by atoms with Crippen LogP contribution < -0.4 is 9.84 Å². The van der Waals surface area contributed by atoms with Crippen molar-refractivity contribution in [1.29, 1.82) is 0 Å². The normalized spacial score (nSPS) is 10.7. The van der Waals surface area contributed by atoms with Crippen LogP contribution in [0.3, 0.4) is 0 Å². The fourth-order valence-corrected chi connectivity index (χ4v) is 3.52. The number of halogens is 1. The number of hydrogen-bond acceptors (Lipinski definition) is 6. The molecule has 27 heavy (non-hydrogen) atoms. The van der Waals surface area contributed by atoms with Gasteiger partial charge in [-0.25, -0.2) is 0 Å². The molecule has 6 nitrogen and oxygen atoms in total. The van der Waals surface area contributed by atoms with Crippen molar-refractivity contribution in [3.63, 3.8) is 0 Å². The molecule has 0 amide bonds. The van der Waals surface area contributed by atoms with Crippen LogP contribution in [0.15, 0.2) is 53.7 Å². The Morgan fingerprint density at radius 2 is 2.04 bits per heavy atom. The highest BCUT2D eigenvalue weighted by atomic mass is 35.5. The number of aryl methyl sites for hydroxylation is 1. The van der Waals surface area contributed by atoms with Gasteiger partial charge >= 0.3 is 0 Å². The van der Waals surface area contributed by atoms with E-state index in [1.54, 1.807) is 12.1 Å². The highest BCUT2D eigenvalue weighted by Crippen LogP contribution is 2.25. The van der Waals surface area contributed by atoms with Gasteiger partial charge in [0.15, 0.2) is 11.0 Å². The molecule has 2 aromatic carbocycles. The van der Waals surface area contributed by atoms with Gasteiger partial charge in [0.1, 0.15) is 12.4 Å². The molecule has 1 aromatic heterocycles. The molecule has 8 heteroatoms. The molecule has 0 saturated carbocycles. The Hall–Kier alpha value is -2.51. The number of carbonyl (C=O) groups excluding carboxylic acids is 1. The van der Waals surface area contributed by atoms with Crippen LogP contribution in [0.4, 0.5) is 0 Å². The first-order chi connectivity index (χ1) is 13.0. The minimum atomic E-state index is -1.10. The first-order valence-corrected chi connectivity index (χ1v) is 9.62. The predicted molar refractivity (Wildman–Crippen MR) is 102 cm³/mol. The molecule has 0 fully saturated rings. The third-order valence-electron chi connectivity index (χ3n) is 3.75. The van der Waals surface area contributed by atoms with E-state index >= 15 is 0 Å². The van der Waals surface area contributed by atoms with E-state index in [2.05, 4.69) is 10.2 Å². The lowest BCUT2D eigenvalue weighted by Gasteiger charge is -2.12. The molecule has 1 heterocycles. The molecule has 3 rings (SSSR count). The van der Waals surface area contributed by atoms with Gasteiger partial charge in [0.25, 0.3) is 0 Å². The predicted octanol–water partition coefficient (Wildman–Crippen LogP) is 3.04. The Bertz CT molecular complexity index is 945. The van der Waals surface area contributed by atoms with E-state index in [-0.39, 0.29) is 13.0 Å². The molecule has 0 N–H and O–H groups in total. The van der Waals surface area contributed by atoms with Gasteiger partial charge in [0.2, 0.25) is 0 Å². The number of carboxylic acid groups (broad SMARTS) is 1. The van der Waals surface area contributed by atoms with Crippen molar-refractivity contribution < 1.29 is 14.6 Å². The van der Waals surface area contributed by atoms with Crippen LogP contribution in [0.1, 0.15) is 17.8 Å². The summed E-state index contributed by atoms with van der Waals surface area (Å²) in [7, 11) is 0. The zero-order valence-corrected chi connectivity index (χ0v) is 16.2. The Morgan fingerprint density at radius 1 is 1.22 bits per heavy atom. The van der Waals surface area contributed by atoms with E-state index in [1.165, 1.54) is 11.8 Å². The molecule has 0 atom stereocenters. The summed E-state index contributed by atoms with van der Waals surface area (Å²) in [4.78, 5) is 10.7. The van der Waals surface area contributed by atoms with Crippen LogP contribution in [-0.4, -0.2) is 26.5 Å². The van der Waals surface area contributed by atoms with Crippen molar-refractivity contribution in [2.75, 3.05) is 5.75 Å². The van der Waals surface area contributed by atoms with Gasteiger partial charge in [-0.2, -0.15) is 0 Å². The van der Waals surface area contributed by atoms with Crippen LogP contribution in [0.2, 0.25) is 5.02 Å². The van der Waals surface area contributed by atoms with E-state index in [1.807, 2.05) is 47.9 Å². The van der Waals surface area contributed by atoms with Gasteiger partial charge in [0, 0.05) is 16.7 Å². The number of carboxylic acids is 1. The summed E-state index contributed by atoms with van der Waals surface area (Å²) in [5.74, 6) is 0.597. The highest BCUT2D eigenvalue weighted by Gasteiger charge is 2.16. The lowest BCUT2D eigenvalue weighted by Crippen LogP contribution is -2.22. The first-order valence-electron chi connectivity index (χ1n) is 8.26. The Labute approximate surface area is 166 Å². The number of aliphatic carboxylic acids is 1. The van der Waals surface area contributed by atoms with Crippen LogP contribution in [0.5, 0.6) is 5.75 Å². The Balaban J connectivity index is 1.87. The molecule has 3 aromatic rings. The van der Waals surface area contributed by atoms with E-state index in [9.17, 15) is 9.90 Å². The number of ether oxygens (including phenoxy) is 1. The number of aromatic nitrogens is 3. The number of carbonyl (C=O) groups is 1. The molecule has 0 bridgehead atoms. The highest BCUT2D eigenvalue weighted by molar-refractivity contribution is 7.99. The molecule has 0 saturated heterocycles. The monoisotopic (exact) mass is 402 g/mol. The number of benzene rings is 2. The number of hydrogen-bond donors (Lipinski definition) is 0. The lowest BCUT2D eigenvalue weighted by molar-refractivity contribution is -0.305. The van der Waals surface area contributed by atoms with Crippen LogP contribution >= 0.6 is 23.4 Å². The molecule has 0 spiro atoms. The molecular weight excluding hydrogens is 386 g/mol. The summed E-state index contributed by atoms with van der Waals surface area (Å²) in [5, 5.41) is 20.3. The molecule has 0 aliphatic carbocycles. The van der Waals surface area contributed by atoms with Gasteiger partial charge in [-0.1, -0.05) is 47.6 Å². The van der Waals surface area contributed by atoms with Gasteiger partial charge in [-0.15, -0.1) is 10.2 Å². The summed E-state index contributed by atoms with van der Waals surface area (Å²) in [5.41, 5.74) is 1.81. The maximum Gasteiger partial charge on any atom is 0.195 e. The van der Waals surface area contributed by atoms with Crippen molar-refractivity contribution >= 4 is 29.3 Å². The Kier molecular flexibility index (Phi) is 6.36. The topological polar surface area (TPSA) is 80.1 Å². The number of nitrogens with zero attached hydrogens (tertiary/aromatic N) is 3. The quantitative estimate of drug-likeness (QED) is 0.539. The molecule has 0 aliphatic rings. The van der Waals surface area contributed by atoms with Gasteiger partial charge < -0.3 is 14.6 Å². The van der Waals surface area contributed by atoms with Crippen molar-refractivity contribution in [2.45, 2.75) is 25.1 Å². The maximum absolute atomic E-state index is 10.7. The first kappa shape index (κ1) is 19.3. The second-order valence-corrected chi connectivity index (χ2v) is 7.24. The van der Waals surface area contributed by atoms with Gasteiger partial charge in [-0.3, -0.25) is 4.57 Å². The minimum absolute atomic E-state index is 0.0673. The Morgan fingerprint density at radius 3 is 2.78 bits per heavy atom. The zero-order valence-electron chi connectivity index (χ0n) is 14.6. The summed E-state index contributed by atoms with van der Waals surface area (Å²) >= 11 is 7.42. The fourth-order valence-electron chi connectivity index (χ4n) is 2.45. The summed E-state index contributed by atoms with van der Waals surface area (Å²) < 4.78 is 7.73. The largest absolute Gasteiger partial charge is 0.550 e. The van der Waals surface area contributed by atoms with Crippen LogP contribution in [0.25, 0.3) is 5.69 Å². The van der Waals surface area contributed by atoms with Crippen molar-refractivity contribution in [3.05, 3.63) is 64.9 Å². The van der Waals surface area contributed by atoms with Crippen molar-refractivity contribution in [2.24, 2.45) is 0 Å². The van der Waals surface area contributed by atoms with E-state index < -0.39 is 5.97 Å². The second kappa shape index (κ2) is 8.92. The minimum Gasteiger partial charge on any atom is -0.550 e. The molecule has 140 valence electrons. The third-order valence-corrected chi connectivity index (χ3v) is 4.92. The average molecular weight is 403 g/mol. The summed E-state index contributed by atoms with van der Waals surface area (Å²) in [6.07, 6.45) is -0.0673. The third kappa shape index (κ3) is 5.02. The molecule has 0 unspecified atom stereocenters.